The lowest BCUT2D eigenvalue weighted by Crippen LogP contribution is -2.64. The van der Waals surface area contributed by atoms with Crippen LogP contribution in [0, 0.1) is 45.8 Å². The van der Waals surface area contributed by atoms with Crippen LogP contribution in [-0.2, 0) is 9.53 Å². The lowest BCUT2D eigenvalue weighted by Gasteiger charge is -2.60. The second-order valence-corrected chi connectivity index (χ2v) is 13.3. The lowest BCUT2D eigenvalue weighted by molar-refractivity contribution is -0.211. The molecule has 0 aromatic heterocycles. The molecule has 11 atom stereocenters. The predicted molar refractivity (Wildman–Crippen MR) is 115 cm³/mol. The summed E-state index contributed by atoms with van der Waals surface area (Å²) in [5.41, 5.74) is 3.18. The lowest BCUT2D eigenvalue weighted by atomic mass is 9.48. The zero-order chi connectivity index (χ0) is 20.1. The Morgan fingerprint density at radius 3 is 2.90 bits per heavy atom. The maximum absolute atomic E-state index is 12.1. The van der Waals surface area contributed by atoms with Crippen LogP contribution < -0.4 is 5.32 Å². The molecule has 2 saturated heterocycles. The van der Waals surface area contributed by atoms with Crippen molar-refractivity contribution in [1.29, 1.82) is 0 Å². The smallest absolute Gasteiger partial charge is 0.155 e. The fraction of sp³-hybridized carbons (Fsp3) is 0.889. The number of carbonyl (C=O) groups excluding carboxylic acids is 1. The minimum atomic E-state index is 0.228. The average molecular weight is 408 g/mol. The van der Waals surface area contributed by atoms with Crippen LogP contribution in [0.25, 0.3) is 0 Å². The largest absolute Gasteiger partial charge is 0.369 e. The Morgan fingerprint density at radius 1 is 1.10 bits per heavy atom. The van der Waals surface area contributed by atoms with Crippen LogP contribution in [-0.4, -0.2) is 30.1 Å². The SMILES string of the molecule is C[C@@H]1CN[C@H]2[C@H]3CC45CC46C[C@H]4[C@@H](CCC7=CC(=O)CC[C@@]74C)[C@@H]6CC[C@@]35O[C@@H]2C1. The Bertz CT molecular complexity index is 895. The van der Waals surface area contributed by atoms with Crippen LogP contribution in [0.4, 0.5) is 0 Å². The number of fused-ring (bicyclic) bond motifs is 6. The minimum Gasteiger partial charge on any atom is -0.369 e. The second kappa shape index (κ2) is 5.11. The van der Waals surface area contributed by atoms with Crippen LogP contribution in [0.3, 0.4) is 0 Å². The van der Waals surface area contributed by atoms with Gasteiger partial charge in [-0.1, -0.05) is 19.4 Å². The summed E-state index contributed by atoms with van der Waals surface area (Å²) in [4.78, 5) is 12.1. The fourth-order valence-electron chi connectivity index (χ4n) is 11.4. The number of nitrogens with one attached hydrogen (secondary N) is 1. The summed E-state index contributed by atoms with van der Waals surface area (Å²) in [6.07, 6.45) is 15.4. The molecule has 3 nitrogen and oxygen atoms in total. The van der Waals surface area contributed by atoms with Crippen LogP contribution >= 0.6 is 0 Å². The number of rotatable bonds is 0. The van der Waals surface area contributed by atoms with Crippen molar-refractivity contribution in [2.45, 2.75) is 95.8 Å². The average Bonchev–Trinajstić information content (AvgIpc) is 3.20. The van der Waals surface area contributed by atoms with Crippen LogP contribution in [0.2, 0.25) is 0 Å². The van der Waals surface area contributed by atoms with Crippen molar-refractivity contribution in [2.24, 2.45) is 45.8 Å². The highest BCUT2D eigenvalue weighted by atomic mass is 16.5. The monoisotopic (exact) mass is 407 g/mol. The highest BCUT2D eigenvalue weighted by Gasteiger charge is 2.91. The van der Waals surface area contributed by atoms with E-state index in [0.717, 1.165) is 42.4 Å². The second-order valence-electron chi connectivity index (χ2n) is 13.3. The van der Waals surface area contributed by atoms with Crippen molar-refractivity contribution in [3.63, 3.8) is 0 Å². The van der Waals surface area contributed by atoms with Gasteiger partial charge in [0.05, 0.1) is 11.7 Å². The van der Waals surface area contributed by atoms with Gasteiger partial charge in [-0.25, -0.2) is 0 Å². The summed E-state index contributed by atoms with van der Waals surface area (Å²) in [5.74, 6) is 4.62. The molecule has 8 aliphatic rings. The molecule has 0 aromatic rings. The number of hydrogen-bond acceptors (Lipinski definition) is 3. The standard InChI is InChI=1S/C27H37NO2/c1-15-9-22-23(28-13-15)21-12-26-14-25(26)11-20-18(19(25)6-8-27(21,26)30-22)4-3-16-10-17(29)5-7-24(16,20)2/h10,15,18-23,28H,3-9,11-14H2,1-2H3/t15-,18-,19-,20-,21+,22+,23-,24-,25?,26?,27+/m0/s1. The molecule has 2 aliphatic heterocycles. The van der Waals surface area contributed by atoms with Crippen molar-refractivity contribution < 1.29 is 9.53 Å². The Hall–Kier alpha value is -0.670. The van der Waals surface area contributed by atoms with E-state index in [1.165, 1.54) is 63.5 Å². The summed E-state index contributed by atoms with van der Waals surface area (Å²) in [6.45, 7) is 6.11. The summed E-state index contributed by atoms with van der Waals surface area (Å²) in [6, 6.07) is 0.640. The molecule has 8 rings (SSSR count). The maximum atomic E-state index is 12.1. The quantitative estimate of drug-likeness (QED) is 0.635. The van der Waals surface area contributed by atoms with Gasteiger partial charge in [0.2, 0.25) is 0 Å². The highest BCUT2D eigenvalue weighted by Crippen LogP contribution is 2.93. The van der Waals surface area contributed by atoms with Crippen molar-refractivity contribution in [3.8, 4) is 0 Å². The van der Waals surface area contributed by atoms with Crippen molar-refractivity contribution >= 4 is 5.78 Å². The van der Waals surface area contributed by atoms with Gasteiger partial charge in [-0.15, -0.1) is 0 Å². The van der Waals surface area contributed by atoms with Gasteiger partial charge in [0.25, 0.3) is 0 Å². The van der Waals surface area contributed by atoms with E-state index < -0.39 is 0 Å². The normalized spacial score (nSPS) is 64.4. The first-order valence-corrected chi connectivity index (χ1v) is 13.1. The first-order valence-electron chi connectivity index (χ1n) is 13.1. The molecule has 3 spiro atoms. The van der Waals surface area contributed by atoms with Crippen molar-refractivity contribution in [3.05, 3.63) is 11.6 Å². The maximum Gasteiger partial charge on any atom is 0.155 e. The molecule has 2 unspecified atom stereocenters. The number of carbonyl (C=O) groups is 1. The van der Waals surface area contributed by atoms with Crippen LogP contribution in [0.5, 0.6) is 0 Å². The first kappa shape index (κ1) is 17.8. The molecule has 3 heteroatoms. The third-order valence-corrected chi connectivity index (χ3v) is 12.6. The van der Waals surface area contributed by atoms with E-state index in [1.807, 2.05) is 0 Å². The molecule has 5 saturated carbocycles. The molecule has 0 aromatic carbocycles. The third-order valence-electron chi connectivity index (χ3n) is 12.6. The predicted octanol–water partition coefficient (Wildman–Crippen LogP) is 4.65. The number of ether oxygens (including phenoxy) is 1. The van der Waals surface area contributed by atoms with E-state index in [1.54, 1.807) is 0 Å². The number of ketones is 1. The molecule has 2 heterocycles. The number of hydrogen-bond donors (Lipinski definition) is 1. The van der Waals surface area contributed by atoms with E-state index in [2.05, 4.69) is 25.2 Å². The molecule has 0 amide bonds. The zero-order valence-corrected chi connectivity index (χ0v) is 18.7. The Morgan fingerprint density at radius 2 is 2.00 bits per heavy atom. The van der Waals surface area contributed by atoms with Crippen molar-refractivity contribution in [1.82, 2.24) is 5.32 Å². The van der Waals surface area contributed by atoms with Crippen molar-refractivity contribution in [2.75, 3.05) is 6.54 Å². The van der Waals surface area contributed by atoms with Gasteiger partial charge in [0, 0.05) is 23.8 Å². The fourth-order valence-corrected chi connectivity index (χ4v) is 11.4. The van der Waals surface area contributed by atoms with E-state index in [4.69, 9.17) is 4.74 Å². The van der Waals surface area contributed by atoms with Gasteiger partial charge in [-0.3, -0.25) is 4.79 Å². The van der Waals surface area contributed by atoms with Gasteiger partial charge in [0.1, 0.15) is 0 Å². The Labute approximate surface area is 180 Å². The van der Waals surface area contributed by atoms with Gasteiger partial charge < -0.3 is 10.1 Å². The molecule has 7 fully saturated rings. The van der Waals surface area contributed by atoms with Gasteiger partial charge in [-0.05, 0) is 105 Å². The van der Waals surface area contributed by atoms with E-state index in [9.17, 15) is 4.79 Å². The van der Waals surface area contributed by atoms with E-state index in [0.29, 0.717) is 34.2 Å². The van der Waals surface area contributed by atoms with Crippen LogP contribution in [0.15, 0.2) is 11.6 Å². The zero-order valence-electron chi connectivity index (χ0n) is 18.7. The first-order chi connectivity index (χ1) is 14.4. The molecular weight excluding hydrogens is 370 g/mol. The number of allylic oxidation sites excluding steroid dienone is 2. The molecule has 0 bridgehead atoms. The molecule has 162 valence electrons. The molecule has 1 N–H and O–H groups in total. The number of piperidine rings is 1. The van der Waals surface area contributed by atoms with E-state index >= 15 is 0 Å². The summed E-state index contributed by atoms with van der Waals surface area (Å²) >= 11 is 0. The van der Waals surface area contributed by atoms with Gasteiger partial charge >= 0.3 is 0 Å². The Kier molecular flexibility index (Phi) is 3.04. The molecule has 6 aliphatic carbocycles. The molecule has 30 heavy (non-hydrogen) atoms. The summed E-state index contributed by atoms with van der Waals surface area (Å²) in [7, 11) is 0. The molecular formula is C27H37NO2. The van der Waals surface area contributed by atoms with Gasteiger partial charge in [-0.2, -0.15) is 0 Å². The summed E-state index contributed by atoms with van der Waals surface area (Å²) in [5, 5.41) is 3.92. The topological polar surface area (TPSA) is 38.3 Å². The Balaban J connectivity index is 1.15. The third kappa shape index (κ3) is 1.68. The minimum absolute atomic E-state index is 0.228. The van der Waals surface area contributed by atoms with Crippen LogP contribution in [0.1, 0.15) is 78.1 Å². The highest BCUT2D eigenvalue weighted by molar-refractivity contribution is 5.91. The van der Waals surface area contributed by atoms with E-state index in [-0.39, 0.29) is 5.60 Å². The molecule has 0 radical (unpaired) electrons. The van der Waals surface area contributed by atoms with Gasteiger partial charge in [0.15, 0.2) is 5.78 Å². The summed E-state index contributed by atoms with van der Waals surface area (Å²) < 4.78 is 7.15.